The first-order valence-electron chi connectivity index (χ1n) is 7.58. The average molecular weight is 322 g/mol. The Labute approximate surface area is 132 Å². The van der Waals surface area contributed by atoms with Crippen molar-refractivity contribution < 1.29 is 23.0 Å². The Balaban J connectivity index is 1.95. The summed E-state index contributed by atoms with van der Waals surface area (Å²) in [6, 6.07) is 9.59. The zero-order valence-corrected chi connectivity index (χ0v) is 12.7. The van der Waals surface area contributed by atoms with E-state index in [4.69, 9.17) is 0 Å². The summed E-state index contributed by atoms with van der Waals surface area (Å²) in [6.07, 6.45) is -1.70. The topological polar surface area (TPSA) is 29.5 Å². The molecule has 3 rings (SSSR count). The second-order valence-electron chi connectivity index (χ2n) is 5.80. The minimum atomic E-state index is -3.53. The van der Waals surface area contributed by atoms with Crippen LogP contribution in [0.25, 0.3) is 0 Å². The smallest absolute Gasteiger partial charge is 0.405 e. The molecular weight excluding hydrogens is 305 g/mol. The molecule has 0 spiro atoms. The van der Waals surface area contributed by atoms with E-state index in [0.29, 0.717) is 11.1 Å². The van der Waals surface area contributed by atoms with Gasteiger partial charge in [-0.1, -0.05) is 43.7 Å². The first-order valence-corrected chi connectivity index (χ1v) is 7.58. The van der Waals surface area contributed by atoms with Crippen LogP contribution >= 0.6 is 0 Å². The molecule has 1 aliphatic rings. The molecule has 1 N–H and O–H groups in total. The molecule has 1 heterocycles. The number of alkyl halides is 2. The Morgan fingerprint density at radius 2 is 1.87 bits per heavy atom. The molecule has 0 fully saturated rings. The van der Waals surface area contributed by atoms with E-state index in [-0.39, 0.29) is 6.42 Å². The number of halogens is 3. The summed E-state index contributed by atoms with van der Waals surface area (Å²) in [5.74, 6) is -3.58. The van der Waals surface area contributed by atoms with Crippen LogP contribution in [0.3, 0.4) is 0 Å². The number of rotatable bonds is 3. The fraction of sp³-hybridized carbons (Fsp3) is 0.333. The summed E-state index contributed by atoms with van der Waals surface area (Å²) in [5.41, 5.74) is 1.87. The number of benzene rings is 2. The first-order chi connectivity index (χ1) is 10.9. The molecule has 0 saturated carbocycles. The van der Waals surface area contributed by atoms with Crippen LogP contribution in [0.5, 0.6) is 11.5 Å². The number of fused-ring (bicyclic) bond motifs is 1. The molecule has 1 aliphatic heterocycles. The molecule has 1 atom stereocenters. The highest BCUT2D eigenvalue weighted by Crippen LogP contribution is 2.46. The lowest BCUT2D eigenvalue weighted by atomic mass is 9.87. The molecule has 122 valence electrons. The molecule has 2 aromatic rings. The maximum absolute atomic E-state index is 14.3. The summed E-state index contributed by atoms with van der Waals surface area (Å²) in [5, 5.41) is 9.31. The van der Waals surface area contributed by atoms with E-state index in [0.717, 1.165) is 24.5 Å². The summed E-state index contributed by atoms with van der Waals surface area (Å²) in [6.45, 7) is 2.05. The van der Waals surface area contributed by atoms with E-state index in [9.17, 15) is 18.3 Å². The van der Waals surface area contributed by atoms with Crippen molar-refractivity contribution in [2.75, 3.05) is 0 Å². The number of aromatic hydroxyl groups is 1. The molecular formula is C18H17F3O2. The van der Waals surface area contributed by atoms with Crippen LogP contribution < -0.4 is 4.74 Å². The summed E-state index contributed by atoms with van der Waals surface area (Å²) >= 11 is 0. The van der Waals surface area contributed by atoms with Crippen LogP contribution in [0.4, 0.5) is 13.2 Å². The van der Waals surface area contributed by atoms with Crippen LogP contribution in [0.1, 0.15) is 36.0 Å². The third kappa shape index (κ3) is 2.87. The van der Waals surface area contributed by atoms with Gasteiger partial charge in [-0.25, -0.2) is 0 Å². The molecule has 0 amide bonds. The predicted molar refractivity (Wildman–Crippen MR) is 80.5 cm³/mol. The SMILES string of the molecule is CCCc1ccc(C2Cc3ccc(O)c(F)c3OC2(F)F)cc1. The molecule has 0 radical (unpaired) electrons. The van der Waals surface area contributed by atoms with E-state index < -0.39 is 29.3 Å². The number of hydrogen-bond acceptors (Lipinski definition) is 2. The van der Waals surface area contributed by atoms with Crippen molar-refractivity contribution in [1.82, 2.24) is 0 Å². The van der Waals surface area contributed by atoms with Crippen molar-refractivity contribution in [1.29, 1.82) is 0 Å². The molecule has 1 unspecified atom stereocenters. The van der Waals surface area contributed by atoms with E-state index in [1.165, 1.54) is 6.07 Å². The summed E-state index contributed by atoms with van der Waals surface area (Å²) < 4.78 is 47.0. The van der Waals surface area contributed by atoms with Crippen LogP contribution in [0.2, 0.25) is 0 Å². The van der Waals surface area contributed by atoms with Crippen LogP contribution in [0, 0.1) is 5.82 Å². The van der Waals surface area contributed by atoms with Crippen molar-refractivity contribution in [2.24, 2.45) is 0 Å². The van der Waals surface area contributed by atoms with Gasteiger partial charge in [-0.3, -0.25) is 0 Å². The molecule has 0 saturated heterocycles. The Hall–Kier alpha value is -2.17. The van der Waals surface area contributed by atoms with Gasteiger partial charge >= 0.3 is 6.11 Å². The Kier molecular flexibility index (Phi) is 3.96. The van der Waals surface area contributed by atoms with E-state index >= 15 is 0 Å². The monoisotopic (exact) mass is 322 g/mol. The van der Waals surface area contributed by atoms with Crippen molar-refractivity contribution in [3.05, 3.63) is 58.9 Å². The Morgan fingerprint density at radius 3 is 2.52 bits per heavy atom. The highest BCUT2D eigenvalue weighted by atomic mass is 19.3. The third-order valence-electron chi connectivity index (χ3n) is 4.15. The minimum absolute atomic E-state index is 0.0490. The molecule has 2 nitrogen and oxygen atoms in total. The summed E-state index contributed by atoms with van der Waals surface area (Å²) in [7, 11) is 0. The van der Waals surface area contributed by atoms with Gasteiger partial charge in [0.1, 0.15) is 0 Å². The van der Waals surface area contributed by atoms with Gasteiger partial charge in [-0.05, 0) is 35.6 Å². The number of phenolic OH excluding ortho intramolecular Hbond substituents is 1. The van der Waals surface area contributed by atoms with Gasteiger partial charge in [-0.15, -0.1) is 0 Å². The molecule has 0 aliphatic carbocycles. The maximum atomic E-state index is 14.3. The molecule has 2 aromatic carbocycles. The fourth-order valence-corrected chi connectivity index (χ4v) is 2.92. The normalized spacial score (nSPS) is 19.0. The van der Waals surface area contributed by atoms with Gasteiger partial charge < -0.3 is 9.84 Å². The van der Waals surface area contributed by atoms with E-state index in [2.05, 4.69) is 11.7 Å². The van der Waals surface area contributed by atoms with Crippen LogP contribution in [0.15, 0.2) is 36.4 Å². The predicted octanol–water partition coefficient (Wildman–Crippen LogP) is 4.80. The van der Waals surface area contributed by atoms with Crippen molar-refractivity contribution >= 4 is 0 Å². The highest BCUT2D eigenvalue weighted by molar-refractivity contribution is 5.45. The van der Waals surface area contributed by atoms with E-state index in [1.54, 1.807) is 12.1 Å². The summed E-state index contributed by atoms with van der Waals surface area (Å²) in [4.78, 5) is 0. The zero-order chi connectivity index (χ0) is 16.6. The Bertz CT molecular complexity index is 711. The largest absolute Gasteiger partial charge is 0.505 e. The van der Waals surface area contributed by atoms with Crippen molar-refractivity contribution in [3.63, 3.8) is 0 Å². The van der Waals surface area contributed by atoms with Gasteiger partial charge in [0.15, 0.2) is 11.5 Å². The number of ether oxygens (including phenoxy) is 1. The molecule has 0 bridgehead atoms. The lowest BCUT2D eigenvalue weighted by Gasteiger charge is -2.33. The number of phenols is 1. The average Bonchev–Trinajstić information content (AvgIpc) is 2.52. The van der Waals surface area contributed by atoms with E-state index in [1.807, 2.05) is 12.1 Å². The number of hydrogen-bond donors (Lipinski definition) is 1. The standard InChI is InChI=1S/C18H17F3O2/c1-2-3-11-4-6-12(7-5-11)14-10-13-8-9-15(22)16(19)17(13)23-18(14,20)21/h4-9,14,22H,2-3,10H2,1H3. The molecule has 5 heteroatoms. The van der Waals surface area contributed by atoms with Gasteiger partial charge in [0.05, 0.1) is 5.92 Å². The highest BCUT2D eigenvalue weighted by Gasteiger charge is 2.48. The van der Waals surface area contributed by atoms with Crippen LogP contribution in [-0.4, -0.2) is 11.2 Å². The lowest BCUT2D eigenvalue weighted by Crippen LogP contribution is -2.38. The second kappa shape index (κ2) is 5.80. The van der Waals surface area contributed by atoms with Crippen molar-refractivity contribution in [2.45, 2.75) is 38.2 Å². The molecule has 23 heavy (non-hydrogen) atoms. The van der Waals surface area contributed by atoms with Crippen LogP contribution in [-0.2, 0) is 12.8 Å². The molecule has 0 aromatic heterocycles. The first kappa shape index (κ1) is 15.7. The maximum Gasteiger partial charge on any atom is 0.405 e. The minimum Gasteiger partial charge on any atom is -0.505 e. The van der Waals surface area contributed by atoms with Crippen molar-refractivity contribution in [3.8, 4) is 11.5 Å². The van der Waals surface area contributed by atoms with Gasteiger partial charge in [0.25, 0.3) is 0 Å². The van der Waals surface area contributed by atoms with Gasteiger partial charge in [0, 0.05) is 0 Å². The lowest BCUT2D eigenvalue weighted by molar-refractivity contribution is -0.203. The van der Waals surface area contributed by atoms with Gasteiger partial charge in [0.2, 0.25) is 5.82 Å². The fourth-order valence-electron chi connectivity index (χ4n) is 2.92. The Morgan fingerprint density at radius 1 is 1.17 bits per heavy atom. The third-order valence-corrected chi connectivity index (χ3v) is 4.15. The second-order valence-corrected chi connectivity index (χ2v) is 5.80. The quantitative estimate of drug-likeness (QED) is 0.880. The zero-order valence-electron chi connectivity index (χ0n) is 12.7. The van der Waals surface area contributed by atoms with Gasteiger partial charge in [-0.2, -0.15) is 13.2 Å². The number of aryl methyl sites for hydroxylation is 1.